The van der Waals surface area contributed by atoms with Crippen LogP contribution in [0.15, 0.2) is 48.5 Å². The molecule has 0 fully saturated rings. The topological polar surface area (TPSA) is 66.5 Å². The fourth-order valence-electron chi connectivity index (χ4n) is 2.58. The Bertz CT molecular complexity index is 851. The minimum atomic E-state index is -3.65. The van der Waals surface area contributed by atoms with Gasteiger partial charge in [-0.2, -0.15) is 0 Å². The first-order valence-electron chi connectivity index (χ1n) is 7.87. The normalized spacial score (nSPS) is 12.5. The average molecular weight is 381 g/mol. The monoisotopic (exact) mass is 380 g/mol. The second kappa shape index (κ2) is 7.89. The van der Waals surface area contributed by atoms with Gasteiger partial charge in [-0.25, -0.2) is 8.42 Å². The van der Waals surface area contributed by atoms with E-state index in [1.807, 2.05) is 25.1 Å². The van der Waals surface area contributed by atoms with Gasteiger partial charge in [0.25, 0.3) is 0 Å². The summed E-state index contributed by atoms with van der Waals surface area (Å²) in [5.41, 5.74) is 2.06. The van der Waals surface area contributed by atoms with Gasteiger partial charge in [0.05, 0.1) is 11.9 Å². The molecule has 0 saturated carbocycles. The van der Waals surface area contributed by atoms with Crippen LogP contribution in [0.3, 0.4) is 0 Å². The molecule has 0 aliphatic rings. The van der Waals surface area contributed by atoms with Crippen molar-refractivity contribution in [1.29, 1.82) is 0 Å². The lowest BCUT2D eigenvalue weighted by molar-refractivity contribution is -0.116. The number of sulfonamides is 1. The SMILES string of the molecule is CCc1ccccc1NC(=O)[C@@H](C)N(c1ccc(Cl)cc1)S(C)(=O)=O. The van der Waals surface area contributed by atoms with Gasteiger partial charge < -0.3 is 5.32 Å². The van der Waals surface area contributed by atoms with Gasteiger partial charge in [0.2, 0.25) is 15.9 Å². The Balaban J connectivity index is 2.31. The molecule has 2 aromatic carbocycles. The molecule has 1 atom stereocenters. The smallest absolute Gasteiger partial charge is 0.248 e. The van der Waals surface area contributed by atoms with Crippen molar-refractivity contribution in [3.63, 3.8) is 0 Å². The van der Waals surface area contributed by atoms with Crippen molar-refractivity contribution >= 4 is 38.9 Å². The van der Waals surface area contributed by atoms with Gasteiger partial charge in [0, 0.05) is 10.7 Å². The molecular formula is C18H21ClN2O3S. The fourth-order valence-corrected chi connectivity index (χ4v) is 3.89. The van der Waals surface area contributed by atoms with E-state index in [0.29, 0.717) is 16.4 Å². The molecule has 0 aromatic heterocycles. The van der Waals surface area contributed by atoms with Gasteiger partial charge in [-0.1, -0.05) is 36.7 Å². The number of carbonyl (C=O) groups excluding carboxylic acids is 1. The number of hydrogen-bond acceptors (Lipinski definition) is 3. The van der Waals surface area contributed by atoms with Gasteiger partial charge in [0.1, 0.15) is 6.04 Å². The number of anilines is 2. The average Bonchev–Trinajstić information content (AvgIpc) is 2.56. The highest BCUT2D eigenvalue weighted by Gasteiger charge is 2.29. The maximum absolute atomic E-state index is 12.7. The molecule has 134 valence electrons. The molecule has 0 aliphatic heterocycles. The molecule has 1 N–H and O–H groups in total. The predicted molar refractivity (Wildman–Crippen MR) is 103 cm³/mol. The Labute approximate surface area is 153 Å². The van der Waals surface area contributed by atoms with Crippen LogP contribution in [0.25, 0.3) is 0 Å². The fraction of sp³-hybridized carbons (Fsp3) is 0.278. The number of benzene rings is 2. The number of amides is 1. The second-order valence-corrected chi connectivity index (χ2v) is 8.01. The maximum Gasteiger partial charge on any atom is 0.248 e. The third-order valence-corrected chi connectivity index (χ3v) is 5.32. The molecule has 2 rings (SSSR count). The lowest BCUT2D eigenvalue weighted by Crippen LogP contribution is -2.45. The predicted octanol–water partition coefficient (Wildman–Crippen LogP) is 3.70. The van der Waals surface area contributed by atoms with Crippen molar-refractivity contribution in [2.75, 3.05) is 15.9 Å². The van der Waals surface area contributed by atoms with Crippen molar-refractivity contribution in [3.8, 4) is 0 Å². The van der Waals surface area contributed by atoms with Crippen LogP contribution in [0.4, 0.5) is 11.4 Å². The molecule has 0 heterocycles. The van der Waals surface area contributed by atoms with Gasteiger partial charge in [-0.15, -0.1) is 0 Å². The molecule has 1 amide bonds. The Morgan fingerprint density at radius 1 is 1.16 bits per heavy atom. The Morgan fingerprint density at radius 3 is 2.32 bits per heavy atom. The molecule has 0 spiro atoms. The maximum atomic E-state index is 12.7. The van der Waals surface area contributed by atoms with Gasteiger partial charge in [-0.3, -0.25) is 9.10 Å². The lowest BCUT2D eigenvalue weighted by atomic mass is 10.1. The van der Waals surface area contributed by atoms with E-state index in [1.165, 1.54) is 0 Å². The molecule has 0 unspecified atom stereocenters. The first-order chi connectivity index (χ1) is 11.7. The van der Waals surface area contributed by atoms with E-state index in [4.69, 9.17) is 11.6 Å². The summed E-state index contributed by atoms with van der Waals surface area (Å²) in [6.45, 7) is 3.55. The van der Waals surface area contributed by atoms with E-state index in [-0.39, 0.29) is 0 Å². The minimum Gasteiger partial charge on any atom is -0.324 e. The Hall–Kier alpha value is -2.05. The number of para-hydroxylation sites is 1. The van der Waals surface area contributed by atoms with Gasteiger partial charge in [-0.05, 0) is 49.2 Å². The quantitative estimate of drug-likeness (QED) is 0.830. The second-order valence-electron chi connectivity index (χ2n) is 5.71. The third-order valence-electron chi connectivity index (χ3n) is 3.83. The summed E-state index contributed by atoms with van der Waals surface area (Å²) in [7, 11) is -3.65. The van der Waals surface area contributed by atoms with Crippen molar-refractivity contribution in [1.82, 2.24) is 0 Å². The molecule has 0 aliphatic carbocycles. The Morgan fingerprint density at radius 2 is 1.76 bits per heavy atom. The van der Waals surface area contributed by atoms with Crippen LogP contribution < -0.4 is 9.62 Å². The largest absolute Gasteiger partial charge is 0.324 e. The molecular weight excluding hydrogens is 360 g/mol. The molecule has 0 saturated heterocycles. The van der Waals surface area contributed by atoms with E-state index in [2.05, 4.69) is 5.32 Å². The van der Waals surface area contributed by atoms with Crippen LogP contribution in [0.2, 0.25) is 5.02 Å². The molecule has 7 heteroatoms. The minimum absolute atomic E-state index is 0.387. The number of rotatable bonds is 6. The van der Waals surface area contributed by atoms with Crippen molar-refractivity contribution in [2.45, 2.75) is 26.3 Å². The van der Waals surface area contributed by atoms with Crippen LogP contribution in [-0.4, -0.2) is 26.6 Å². The zero-order chi connectivity index (χ0) is 18.6. The summed E-state index contributed by atoms with van der Waals surface area (Å²) in [5, 5.41) is 3.32. The summed E-state index contributed by atoms with van der Waals surface area (Å²) < 4.78 is 25.6. The van der Waals surface area contributed by atoms with Crippen LogP contribution in [0.5, 0.6) is 0 Å². The van der Waals surface area contributed by atoms with E-state index >= 15 is 0 Å². The highest BCUT2D eigenvalue weighted by atomic mass is 35.5. The summed E-state index contributed by atoms with van der Waals surface area (Å²) in [6, 6.07) is 12.9. The molecule has 2 aromatic rings. The van der Waals surface area contributed by atoms with Crippen LogP contribution in [0.1, 0.15) is 19.4 Å². The number of halogens is 1. The van der Waals surface area contributed by atoms with Crippen molar-refractivity contribution in [3.05, 3.63) is 59.1 Å². The van der Waals surface area contributed by atoms with Crippen molar-refractivity contribution in [2.24, 2.45) is 0 Å². The summed E-state index contributed by atoms with van der Waals surface area (Å²) in [4.78, 5) is 12.7. The number of nitrogens with one attached hydrogen (secondary N) is 1. The number of nitrogens with zero attached hydrogens (tertiary/aromatic N) is 1. The number of hydrogen-bond donors (Lipinski definition) is 1. The molecule has 0 bridgehead atoms. The van der Waals surface area contributed by atoms with Crippen molar-refractivity contribution < 1.29 is 13.2 Å². The number of carbonyl (C=O) groups is 1. The van der Waals surface area contributed by atoms with E-state index in [0.717, 1.165) is 22.5 Å². The van der Waals surface area contributed by atoms with Crippen LogP contribution in [-0.2, 0) is 21.2 Å². The standard InChI is InChI=1S/C18H21ClN2O3S/c1-4-14-7-5-6-8-17(14)20-18(22)13(2)21(25(3,23)24)16-11-9-15(19)10-12-16/h5-13H,4H2,1-3H3,(H,20,22)/t13-/m1/s1. The first-order valence-corrected chi connectivity index (χ1v) is 10.1. The summed E-state index contributed by atoms with van der Waals surface area (Å²) >= 11 is 5.87. The zero-order valence-electron chi connectivity index (χ0n) is 14.4. The van der Waals surface area contributed by atoms with E-state index < -0.39 is 22.0 Å². The summed E-state index contributed by atoms with van der Waals surface area (Å²) in [6.07, 6.45) is 1.84. The van der Waals surface area contributed by atoms with E-state index in [9.17, 15) is 13.2 Å². The van der Waals surface area contributed by atoms with Crippen LogP contribution >= 0.6 is 11.6 Å². The van der Waals surface area contributed by atoms with Gasteiger partial charge in [0.15, 0.2) is 0 Å². The zero-order valence-corrected chi connectivity index (χ0v) is 15.9. The lowest BCUT2D eigenvalue weighted by Gasteiger charge is -2.28. The van der Waals surface area contributed by atoms with Crippen LogP contribution in [0, 0.1) is 0 Å². The van der Waals surface area contributed by atoms with Gasteiger partial charge >= 0.3 is 0 Å². The summed E-state index contributed by atoms with van der Waals surface area (Å²) in [5.74, 6) is -0.402. The molecule has 25 heavy (non-hydrogen) atoms. The highest BCUT2D eigenvalue weighted by molar-refractivity contribution is 7.92. The molecule has 5 nitrogen and oxygen atoms in total. The Kier molecular flexibility index (Phi) is 6.08. The highest BCUT2D eigenvalue weighted by Crippen LogP contribution is 2.24. The first kappa shape index (κ1) is 19.3. The van der Waals surface area contributed by atoms with E-state index in [1.54, 1.807) is 37.3 Å². The number of aryl methyl sites for hydroxylation is 1. The third kappa shape index (κ3) is 4.74. The molecule has 0 radical (unpaired) electrons.